The molecule has 0 saturated heterocycles. The molecule has 0 aliphatic heterocycles. The Morgan fingerprint density at radius 3 is 2.25 bits per heavy atom. The molecule has 2 N–H and O–H groups in total. The van der Waals surface area contributed by atoms with Crippen molar-refractivity contribution in [2.24, 2.45) is 5.10 Å². The van der Waals surface area contributed by atoms with Crippen LogP contribution in [0.1, 0.15) is 11.1 Å². The van der Waals surface area contributed by atoms with E-state index >= 15 is 0 Å². The Balaban J connectivity index is 1.89. The molecule has 11 heteroatoms. The van der Waals surface area contributed by atoms with E-state index in [0.29, 0.717) is 17.1 Å². The summed E-state index contributed by atoms with van der Waals surface area (Å²) in [7, 11) is 0.187. The van der Waals surface area contributed by atoms with Crippen LogP contribution < -0.4 is 23.9 Å². The Morgan fingerprint density at radius 2 is 1.61 bits per heavy atom. The number of nitrogens with zero attached hydrogens (tertiary/aromatic N) is 2. The number of hydrogen-bond acceptors (Lipinski definition) is 8. The molecule has 36 heavy (non-hydrogen) atoms. The number of benzene rings is 3. The lowest BCUT2D eigenvalue weighted by atomic mass is 10.2. The van der Waals surface area contributed by atoms with Crippen LogP contribution in [0.3, 0.4) is 0 Å². The molecule has 0 unspecified atom stereocenters. The van der Waals surface area contributed by atoms with E-state index < -0.39 is 22.5 Å². The van der Waals surface area contributed by atoms with Gasteiger partial charge in [0, 0.05) is 6.07 Å². The van der Waals surface area contributed by atoms with Crippen molar-refractivity contribution >= 4 is 27.8 Å². The molecule has 3 rings (SSSR count). The van der Waals surface area contributed by atoms with E-state index in [-0.39, 0.29) is 22.1 Å². The summed E-state index contributed by atoms with van der Waals surface area (Å²) < 4.78 is 43.6. The molecule has 0 saturated carbocycles. The lowest BCUT2D eigenvalue weighted by molar-refractivity contribution is -0.119. The number of carbonyl (C=O) groups excluding carboxylic acids is 1. The smallest absolute Gasteiger partial charge is 0.264 e. The fourth-order valence-electron chi connectivity index (χ4n) is 3.25. The van der Waals surface area contributed by atoms with E-state index in [9.17, 15) is 18.3 Å². The van der Waals surface area contributed by atoms with E-state index in [4.69, 9.17) is 14.2 Å². The summed E-state index contributed by atoms with van der Waals surface area (Å²) >= 11 is 0. The Bertz CT molecular complexity index is 1360. The third kappa shape index (κ3) is 6.05. The lowest BCUT2D eigenvalue weighted by Gasteiger charge is -2.24. The number of phenols is 1. The van der Waals surface area contributed by atoms with Crippen molar-refractivity contribution in [3.63, 3.8) is 0 Å². The van der Waals surface area contributed by atoms with Gasteiger partial charge < -0.3 is 19.3 Å². The molecule has 0 fully saturated rings. The molecule has 0 atom stereocenters. The predicted molar refractivity (Wildman–Crippen MR) is 136 cm³/mol. The number of methoxy groups -OCH3 is 3. The molecule has 0 aromatic heterocycles. The molecule has 0 aliphatic rings. The molecule has 0 aliphatic carbocycles. The molecule has 1 amide bonds. The maximum absolute atomic E-state index is 13.5. The third-order valence-electron chi connectivity index (χ3n) is 5.16. The second-order valence-electron chi connectivity index (χ2n) is 7.59. The second-order valence-corrected chi connectivity index (χ2v) is 9.45. The molecule has 0 heterocycles. The highest BCUT2D eigenvalue weighted by Crippen LogP contribution is 2.33. The zero-order valence-corrected chi connectivity index (χ0v) is 21.1. The first kappa shape index (κ1) is 26.4. The van der Waals surface area contributed by atoms with Crippen LogP contribution in [0.4, 0.5) is 5.69 Å². The van der Waals surface area contributed by atoms with Crippen LogP contribution in [-0.2, 0) is 14.8 Å². The van der Waals surface area contributed by atoms with E-state index in [1.165, 1.54) is 63.9 Å². The molecular formula is C25H27N3O7S. The topological polar surface area (TPSA) is 127 Å². The van der Waals surface area contributed by atoms with Gasteiger partial charge in [0.05, 0.1) is 38.1 Å². The largest absolute Gasteiger partial charge is 0.504 e. The van der Waals surface area contributed by atoms with Crippen LogP contribution in [-0.4, -0.2) is 53.5 Å². The molecule has 0 bridgehead atoms. The molecular weight excluding hydrogens is 486 g/mol. The van der Waals surface area contributed by atoms with Gasteiger partial charge in [0.2, 0.25) is 0 Å². The van der Waals surface area contributed by atoms with Crippen molar-refractivity contribution < 1.29 is 32.5 Å². The zero-order valence-electron chi connectivity index (χ0n) is 20.3. The number of hydrazone groups is 1. The Hall–Kier alpha value is -4.25. The minimum atomic E-state index is -4.12. The average molecular weight is 514 g/mol. The standard InChI is InChI=1S/C25H27N3O7S/c1-17-5-9-20(10-6-17)36(31,32)28(19-8-12-22(33-2)24(14-19)35-4)16-25(30)27-26-15-18-7-11-21(29)23(13-18)34-3/h5-15,29H,16H2,1-4H3,(H,27,30)/b26-15-. The van der Waals surface area contributed by atoms with Crippen LogP contribution in [0.2, 0.25) is 0 Å². The summed E-state index contributed by atoms with van der Waals surface area (Å²) in [6.07, 6.45) is 1.34. The minimum absolute atomic E-state index is 0.0235. The number of sulfonamides is 1. The maximum atomic E-state index is 13.5. The van der Waals surface area contributed by atoms with Crippen LogP contribution in [0.5, 0.6) is 23.0 Å². The number of ether oxygens (including phenoxy) is 3. The molecule has 3 aromatic carbocycles. The number of rotatable bonds is 10. The molecule has 0 radical (unpaired) electrons. The summed E-state index contributed by atoms with van der Waals surface area (Å²) in [5, 5.41) is 13.6. The van der Waals surface area contributed by atoms with Gasteiger partial charge in [0.1, 0.15) is 6.54 Å². The van der Waals surface area contributed by atoms with Gasteiger partial charge in [-0.25, -0.2) is 13.8 Å². The molecule has 3 aromatic rings. The van der Waals surface area contributed by atoms with E-state index in [0.717, 1.165) is 9.87 Å². The summed E-state index contributed by atoms with van der Waals surface area (Å²) in [4.78, 5) is 12.8. The van der Waals surface area contributed by atoms with Crippen molar-refractivity contribution in [2.75, 3.05) is 32.2 Å². The highest BCUT2D eigenvalue weighted by molar-refractivity contribution is 7.92. The average Bonchev–Trinajstić information content (AvgIpc) is 2.88. The van der Waals surface area contributed by atoms with E-state index in [1.807, 2.05) is 6.92 Å². The van der Waals surface area contributed by atoms with Crippen molar-refractivity contribution in [1.29, 1.82) is 0 Å². The minimum Gasteiger partial charge on any atom is -0.504 e. The van der Waals surface area contributed by atoms with Crippen molar-refractivity contribution in [2.45, 2.75) is 11.8 Å². The normalized spacial score (nSPS) is 11.2. The Kier molecular flexibility index (Phi) is 8.38. The van der Waals surface area contributed by atoms with Crippen molar-refractivity contribution in [3.8, 4) is 23.0 Å². The van der Waals surface area contributed by atoms with Gasteiger partial charge >= 0.3 is 0 Å². The van der Waals surface area contributed by atoms with Gasteiger partial charge in [-0.1, -0.05) is 17.7 Å². The third-order valence-corrected chi connectivity index (χ3v) is 6.95. The number of aromatic hydroxyl groups is 1. The quantitative estimate of drug-likeness (QED) is 0.315. The number of hydrogen-bond donors (Lipinski definition) is 2. The lowest BCUT2D eigenvalue weighted by Crippen LogP contribution is -2.39. The molecule has 10 nitrogen and oxygen atoms in total. The van der Waals surface area contributed by atoms with E-state index in [1.54, 1.807) is 24.3 Å². The zero-order chi connectivity index (χ0) is 26.3. The summed E-state index contributed by atoms with van der Waals surface area (Å²) in [6.45, 7) is 1.29. The summed E-state index contributed by atoms with van der Waals surface area (Å²) in [6, 6.07) is 15.4. The molecule has 190 valence electrons. The van der Waals surface area contributed by atoms with Gasteiger partial charge in [-0.15, -0.1) is 0 Å². The first-order valence-corrected chi connectivity index (χ1v) is 12.1. The van der Waals surface area contributed by atoms with Gasteiger partial charge in [-0.05, 0) is 55.0 Å². The van der Waals surface area contributed by atoms with Crippen LogP contribution in [0.25, 0.3) is 0 Å². The number of phenolic OH excluding ortho intramolecular Hbond substituents is 1. The van der Waals surface area contributed by atoms with Gasteiger partial charge in [0.25, 0.3) is 15.9 Å². The summed E-state index contributed by atoms with van der Waals surface area (Å²) in [5.41, 5.74) is 3.98. The second kappa shape index (κ2) is 11.5. The molecule has 0 spiro atoms. The predicted octanol–water partition coefficient (Wildman–Crippen LogP) is 3.07. The number of amides is 1. The number of nitrogens with one attached hydrogen (secondary N) is 1. The van der Waals surface area contributed by atoms with Crippen LogP contribution >= 0.6 is 0 Å². The SMILES string of the molecule is COc1cc(/C=N\NC(=O)CN(c2ccc(OC)c(OC)c2)S(=O)(=O)c2ccc(C)cc2)ccc1O. The van der Waals surface area contributed by atoms with Crippen LogP contribution in [0, 0.1) is 6.92 Å². The highest BCUT2D eigenvalue weighted by Gasteiger charge is 2.28. The number of aryl methyl sites for hydroxylation is 1. The summed E-state index contributed by atoms with van der Waals surface area (Å²) in [5.74, 6) is 0.244. The number of anilines is 1. The highest BCUT2D eigenvalue weighted by atomic mass is 32.2. The van der Waals surface area contributed by atoms with Crippen molar-refractivity contribution in [1.82, 2.24) is 5.43 Å². The monoisotopic (exact) mass is 513 g/mol. The van der Waals surface area contributed by atoms with Gasteiger partial charge in [-0.2, -0.15) is 5.10 Å². The first-order chi connectivity index (χ1) is 17.2. The Morgan fingerprint density at radius 1 is 0.944 bits per heavy atom. The van der Waals surface area contributed by atoms with Crippen LogP contribution in [0.15, 0.2) is 70.7 Å². The fraction of sp³-hybridized carbons (Fsp3) is 0.200. The number of carbonyl (C=O) groups is 1. The van der Waals surface area contributed by atoms with Crippen molar-refractivity contribution in [3.05, 3.63) is 71.8 Å². The van der Waals surface area contributed by atoms with Gasteiger partial charge in [-0.3, -0.25) is 9.10 Å². The van der Waals surface area contributed by atoms with Gasteiger partial charge in [0.15, 0.2) is 23.0 Å². The Labute approximate surface area is 209 Å². The van der Waals surface area contributed by atoms with E-state index in [2.05, 4.69) is 10.5 Å². The maximum Gasteiger partial charge on any atom is 0.264 e. The fourth-order valence-corrected chi connectivity index (χ4v) is 4.66. The first-order valence-electron chi connectivity index (χ1n) is 10.7.